The van der Waals surface area contributed by atoms with E-state index in [1.807, 2.05) is 38.1 Å². The number of ether oxygens (including phenoxy) is 3. The highest BCUT2D eigenvalue weighted by molar-refractivity contribution is 7.98. The molecule has 3 aromatic rings. The van der Waals surface area contributed by atoms with Gasteiger partial charge in [0.15, 0.2) is 11.5 Å². The molecule has 4 rings (SSSR count). The summed E-state index contributed by atoms with van der Waals surface area (Å²) in [6, 6.07) is 12.6. The number of benzene rings is 2. The molecular formula is C26H30N4O5S. The summed E-state index contributed by atoms with van der Waals surface area (Å²) in [5.74, 6) is 3.38. The van der Waals surface area contributed by atoms with Crippen molar-refractivity contribution in [1.82, 2.24) is 15.1 Å². The fourth-order valence-corrected chi connectivity index (χ4v) is 4.86. The van der Waals surface area contributed by atoms with Crippen LogP contribution in [-0.4, -0.2) is 41.9 Å². The Hall–Kier alpha value is -3.66. The molecule has 0 aliphatic carbocycles. The van der Waals surface area contributed by atoms with Gasteiger partial charge in [-0.3, -0.25) is 9.59 Å². The number of fused-ring (bicyclic) bond motifs is 1. The third-order valence-electron chi connectivity index (χ3n) is 5.60. The smallest absolute Gasteiger partial charge is 0.256 e. The van der Waals surface area contributed by atoms with Crippen LogP contribution in [0.1, 0.15) is 41.0 Å². The Labute approximate surface area is 214 Å². The second-order valence-corrected chi connectivity index (χ2v) is 9.02. The van der Waals surface area contributed by atoms with Crippen molar-refractivity contribution in [2.45, 2.75) is 38.4 Å². The van der Waals surface area contributed by atoms with Gasteiger partial charge in [-0.1, -0.05) is 12.1 Å². The number of carbonyl (C=O) groups excluding carboxylic acids is 2. The molecule has 2 heterocycles. The number of hydrogen-bond donors (Lipinski definition) is 2. The summed E-state index contributed by atoms with van der Waals surface area (Å²) < 4.78 is 18.0. The SMILES string of the molecule is CCOc1ccc(C(=O)Nc2c3c(nn2CC(=O)NCc2ccc(OC)cc2)CSC3)cc1OCC. The molecule has 36 heavy (non-hydrogen) atoms. The lowest BCUT2D eigenvalue weighted by Crippen LogP contribution is -2.28. The summed E-state index contributed by atoms with van der Waals surface area (Å²) in [5.41, 5.74) is 3.22. The molecule has 0 radical (unpaired) electrons. The summed E-state index contributed by atoms with van der Waals surface area (Å²) in [7, 11) is 1.61. The van der Waals surface area contributed by atoms with Crippen LogP contribution in [0, 0.1) is 0 Å². The Morgan fingerprint density at radius 3 is 2.50 bits per heavy atom. The second kappa shape index (κ2) is 11.9. The van der Waals surface area contributed by atoms with Crippen molar-refractivity contribution in [1.29, 1.82) is 0 Å². The summed E-state index contributed by atoms with van der Waals surface area (Å²) in [6.07, 6.45) is 0. The van der Waals surface area contributed by atoms with Gasteiger partial charge in [0, 0.05) is 29.2 Å². The molecule has 9 nitrogen and oxygen atoms in total. The van der Waals surface area contributed by atoms with Crippen molar-refractivity contribution >= 4 is 29.4 Å². The van der Waals surface area contributed by atoms with Crippen molar-refractivity contribution in [3.63, 3.8) is 0 Å². The largest absolute Gasteiger partial charge is 0.497 e. The highest BCUT2D eigenvalue weighted by Crippen LogP contribution is 2.35. The molecule has 10 heteroatoms. The number of carbonyl (C=O) groups is 2. The van der Waals surface area contributed by atoms with E-state index in [-0.39, 0.29) is 18.4 Å². The maximum absolute atomic E-state index is 13.2. The topological polar surface area (TPSA) is 104 Å². The van der Waals surface area contributed by atoms with Crippen LogP contribution in [0.15, 0.2) is 42.5 Å². The fraction of sp³-hybridized carbons (Fsp3) is 0.346. The van der Waals surface area contributed by atoms with Gasteiger partial charge >= 0.3 is 0 Å². The molecule has 0 spiro atoms. The zero-order valence-electron chi connectivity index (χ0n) is 20.6. The number of methoxy groups -OCH3 is 1. The minimum Gasteiger partial charge on any atom is -0.497 e. The van der Waals surface area contributed by atoms with E-state index in [1.165, 1.54) is 0 Å². The number of nitrogens with zero attached hydrogens (tertiary/aromatic N) is 2. The van der Waals surface area contributed by atoms with Crippen LogP contribution in [0.3, 0.4) is 0 Å². The van der Waals surface area contributed by atoms with Gasteiger partial charge in [-0.25, -0.2) is 4.68 Å². The van der Waals surface area contributed by atoms with Gasteiger partial charge in [-0.15, -0.1) is 0 Å². The number of hydrogen-bond acceptors (Lipinski definition) is 7. The molecule has 0 saturated carbocycles. The molecule has 2 N–H and O–H groups in total. The molecule has 190 valence electrons. The van der Waals surface area contributed by atoms with E-state index in [1.54, 1.807) is 41.8 Å². The number of rotatable bonds is 11. The van der Waals surface area contributed by atoms with Gasteiger partial charge < -0.3 is 24.8 Å². The van der Waals surface area contributed by atoms with Crippen LogP contribution < -0.4 is 24.8 Å². The van der Waals surface area contributed by atoms with Gasteiger partial charge in [0.05, 0.1) is 26.0 Å². The number of aromatic nitrogens is 2. The predicted molar refractivity (Wildman–Crippen MR) is 139 cm³/mol. The lowest BCUT2D eigenvalue weighted by molar-refractivity contribution is -0.122. The lowest BCUT2D eigenvalue weighted by Gasteiger charge is -2.14. The van der Waals surface area contributed by atoms with E-state index < -0.39 is 0 Å². The fourth-order valence-electron chi connectivity index (χ4n) is 3.83. The Balaban J connectivity index is 1.47. The molecule has 2 amide bonds. The summed E-state index contributed by atoms with van der Waals surface area (Å²) in [6.45, 7) is 5.10. The predicted octanol–water partition coefficient (Wildman–Crippen LogP) is 4.00. The van der Waals surface area contributed by atoms with E-state index in [0.29, 0.717) is 42.6 Å². The first-order chi connectivity index (χ1) is 17.5. The quantitative estimate of drug-likeness (QED) is 0.402. The summed E-state index contributed by atoms with van der Waals surface area (Å²) >= 11 is 1.73. The summed E-state index contributed by atoms with van der Waals surface area (Å²) in [5, 5.41) is 10.5. The average Bonchev–Trinajstić information content (AvgIpc) is 3.46. The third-order valence-corrected chi connectivity index (χ3v) is 6.57. The summed E-state index contributed by atoms with van der Waals surface area (Å²) in [4.78, 5) is 25.9. The van der Waals surface area contributed by atoms with Crippen LogP contribution in [0.5, 0.6) is 17.2 Å². The zero-order chi connectivity index (χ0) is 25.5. The minimum absolute atomic E-state index is 0.00307. The van der Waals surface area contributed by atoms with Gasteiger partial charge in [0.1, 0.15) is 18.1 Å². The molecule has 0 fully saturated rings. The van der Waals surface area contributed by atoms with Gasteiger partial charge in [0.25, 0.3) is 5.91 Å². The van der Waals surface area contributed by atoms with Gasteiger partial charge in [-0.2, -0.15) is 16.9 Å². The van der Waals surface area contributed by atoms with Crippen LogP contribution in [0.4, 0.5) is 5.82 Å². The van der Waals surface area contributed by atoms with E-state index in [0.717, 1.165) is 34.1 Å². The normalized spacial score (nSPS) is 12.1. The molecule has 1 aliphatic heterocycles. The molecule has 2 aromatic carbocycles. The van der Waals surface area contributed by atoms with Crippen molar-refractivity contribution in [2.24, 2.45) is 0 Å². The van der Waals surface area contributed by atoms with E-state index in [2.05, 4.69) is 15.7 Å². The standard InChI is InChI=1S/C26H30N4O5S/c1-4-34-22-11-8-18(12-23(22)35-5-2)26(32)28-25-20-15-36-16-21(20)29-30(25)14-24(31)27-13-17-6-9-19(33-3)10-7-17/h6-12H,4-5,13-16H2,1-3H3,(H,27,31)(H,28,32). The average molecular weight is 511 g/mol. The van der Waals surface area contributed by atoms with E-state index in [4.69, 9.17) is 14.2 Å². The molecule has 0 atom stereocenters. The first kappa shape index (κ1) is 25.4. The first-order valence-electron chi connectivity index (χ1n) is 11.8. The van der Waals surface area contributed by atoms with Crippen molar-refractivity contribution in [3.8, 4) is 17.2 Å². The zero-order valence-corrected chi connectivity index (χ0v) is 21.4. The van der Waals surface area contributed by atoms with Crippen LogP contribution in [0.2, 0.25) is 0 Å². The van der Waals surface area contributed by atoms with Crippen molar-refractivity contribution in [3.05, 3.63) is 64.8 Å². The number of amides is 2. The second-order valence-electron chi connectivity index (χ2n) is 8.03. The number of thioether (sulfide) groups is 1. The van der Waals surface area contributed by atoms with Gasteiger partial charge in [-0.05, 0) is 49.7 Å². The van der Waals surface area contributed by atoms with Crippen molar-refractivity contribution < 1.29 is 23.8 Å². The molecule has 0 saturated heterocycles. The Morgan fingerprint density at radius 2 is 1.78 bits per heavy atom. The maximum atomic E-state index is 13.2. The molecule has 0 unspecified atom stereocenters. The first-order valence-corrected chi connectivity index (χ1v) is 12.9. The lowest BCUT2D eigenvalue weighted by atomic mass is 10.2. The van der Waals surface area contributed by atoms with E-state index in [9.17, 15) is 9.59 Å². The number of anilines is 1. The molecular weight excluding hydrogens is 480 g/mol. The minimum atomic E-state index is -0.307. The molecule has 1 aliphatic rings. The van der Waals surface area contributed by atoms with Crippen LogP contribution in [-0.2, 0) is 29.4 Å². The Kier molecular flexibility index (Phi) is 8.37. The Morgan fingerprint density at radius 1 is 1.03 bits per heavy atom. The monoisotopic (exact) mass is 510 g/mol. The van der Waals surface area contributed by atoms with E-state index >= 15 is 0 Å². The molecule has 1 aromatic heterocycles. The molecule has 0 bridgehead atoms. The maximum Gasteiger partial charge on any atom is 0.256 e. The third kappa shape index (κ3) is 5.93. The highest BCUT2D eigenvalue weighted by Gasteiger charge is 2.25. The number of nitrogens with one attached hydrogen (secondary N) is 2. The Bertz CT molecular complexity index is 1230. The van der Waals surface area contributed by atoms with Crippen LogP contribution >= 0.6 is 11.8 Å². The van der Waals surface area contributed by atoms with Crippen LogP contribution in [0.25, 0.3) is 0 Å². The van der Waals surface area contributed by atoms with Gasteiger partial charge in [0.2, 0.25) is 5.91 Å². The van der Waals surface area contributed by atoms with Crippen molar-refractivity contribution in [2.75, 3.05) is 25.6 Å². The highest BCUT2D eigenvalue weighted by atomic mass is 32.2.